The van der Waals surface area contributed by atoms with Gasteiger partial charge in [-0.1, -0.05) is 133 Å². The summed E-state index contributed by atoms with van der Waals surface area (Å²) in [7, 11) is 0. The Morgan fingerprint density at radius 2 is 1.18 bits per heavy atom. The molecule has 51 heavy (non-hydrogen) atoms. The summed E-state index contributed by atoms with van der Waals surface area (Å²) in [6, 6.07) is 66.8. The molecule has 1 atom stereocenters. The molecule has 1 aromatic heterocycles. The largest absolute Gasteiger partial charge is 0.464 e. The van der Waals surface area contributed by atoms with Gasteiger partial charge in [0.2, 0.25) is 0 Å². The maximum atomic E-state index is 6.79. The number of hydrogen-bond acceptors (Lipinski definition) is 3. The molecule has 2 heterocycles. The van der Waals surface area contributed by atoms with Crippen LogP contribution in [0, 0.1) is 0 Å². The van der Waals surface area contributed by atoms with Crippen LogP contribution in [0.2, 0.25) is 0 Å². The predicted molar refractivity (Wildman–Crippen MR) is 212 cm³/mol. The minimum atomic E-state index is -0.267. The molecule has 1 aliphatic rings. The summed E-state index contributed by atoms with van der Waals surface area (Å²) in [5, 5.41) is 8.27. The Bertz CT molecular complexity index is 2680. The highest BCUT2D eigenvalue weighted by Gasteiger charge is 2.28. The van der Waals surface area contributed by atoms with E-state index in [1.807, 2.05) is 6.07 Å². The summed E-state index contributed by atoms with van der Waals surface area (Å²) < 4.78 is 9.17. The molecule has 0 saturated heterocycles. The van der Waals surface area contributed by atoms with Gasteiger partial charge in [0.25, 0.3) is 0 Å². The number of ether oxygens (including phenoxy) is 1. The molecule has 0 saturated carbocycles. The lowest BCUT2D eigenvalue weighted by molar-refractivity contribution is 0.262. The SMILES string of the molecule is c1ccc(-c2ccc(N(c3ccc4c5ccccc5n(-c5ccccc5)c4c3)c3cccc4ccc5c(c34)OC(c3ccccc3)N5)cc2)cc1. The van der Waals surface area contributed by atoms with Crippen LogP contribution in [0.4, 0.5) is 22.7 Å². The minimum absolute atomic E-state index is 0.267. The van der Waals surface area contributed by atoms with Gasteiger partial charge < -0.3 is 19.5 Å². The van der Waals surface area contributed by atoms with Crippen LogP contribution in [-0.2, 0) is 0 Å². The van der Waals surface area contributed by atoms with E-state index in [1.165, 1.54) is 27.4 Å². The van der Waals surface area contributed by atoms with Crippen molar-refractivity contribution < 1.29 is 4.74 Å². The maximum absolute atomic E-state index is 6.79. The first-order valence-electron chi connectivity index (χ1n) is 17.4. The molecule has 4 heteroatoms. The van der Waals surface area contributed by atoms with Crippen LogP contribution in [0.5, 0.6) is 5.75 Å². The Morgan fingerprint density at radius 3 is 1.98 bits per heavy atom. The Kier molecular flexibility index (Phi) is 6.85. The van der Waals surface area contributed by atoms with Gasteiger partial charge in [-0.25, -0.2) is 0 Å². The van der Waals surface area contributed by atoms with Crippen LogP contribution in [0.25, 0.3) is 49.4 Å². The third-order valence-corrected chi connectivity index (χ3v) is 10.0. The van der Waals surface area contributed by atoms with Gasteiger partial charge in [0.15, 0.2) is 12.0 Å². The third-order valence-electron chi connectivity index (χ3n) is 10.0. The molecule has 242 valence electrons. The van der Waals surface area contributed by atoms with Gasteiger partial charge in [-0.15, -0.1) is 0 Å². The summed E-state index contributed by atoms with van der Waals surface area (Å²) in [5.74, 6) is 0.863. The zero-order valence-electron chi connectivity index (χ0n) is 27.8. The van der Waals surface area contributed by atoms with Gasteiger partial charge in [-0.05, 0) is 71.1 Å². The van der Waals surface area contributed by atoms with Crippen molar-refractivity contribution in [2.24, 2.45) is 0 Å². The molecule has 1 unspecified atom stereocenters. The van der Waals surface area contributed by atoms with E-state index in [0.29, 0.717) is 0 Å². The second-order valence-corrected chi connectivity index (χ2v) is 13.0. The van der Waals surface area contributed by atoms with Crippen molar-refractivity contribution >= 4 is 55.3 Å². The fourth-order valence-electron chi connectivity index (χ4n) is 7.63. The number of hydrogen-bond donors (Lipinski definition) is 1. The zero-order valence-corrected chi connectivity index (χ0v) is 27.8. The van der Waals surface area contributed by atoms with Crippen molar-refractivity contribution in [2.45, 2.75) is 6.23 Å². The third kappa shape index (κ3) is 4.92. The highest BCUT2D eigenvalue weighted by molar-refractivity contribution is 6.11. The van der Waals surface area contributed by atoms with Crippen molar-refractivity contribution in [2.75, 3.05) is 10.2 Å². The van der Waals surface area contributed by atoms with Crippen molar-refractivity contribution in [3.8, 4) is 22.6 Å². The predicted octanol–water partition coefficient (Wildman–Crippen LogP) is 12.6. The molecule has 9 aromatic rings. The molecule has 0 aliphatic carbocycles. The molecule has 1 N–H and O–H groups in total. The second kappa shape index (κ2) is 12.0. The molecular formula is C47H33N3O. The van der Waals surface area contributed by atoms with E-state index in [-0.39, 0.29) is 6.23 Å². The van der Waals surface area contributed by atoms with Crippen molar-refractivity contribution in [3.63, 3.8) is 0 Å². The Labute approximate surface area is 296 Å². The van der Waals surface area contributed by atoms with E-state index in [9.17, 15) is 0 Å². The van der Waals surface area contributed by atoms with E-state index in [4.69, 9.17) is 4.74 Å². The fraction of sp³-hybridized carbons (Fsp3) is 0.0213. The molecule has 4 nitrogen and oxygen atoms in total. The van der Waals surface area contributed by atoms with Crippen LogP contribution >= 0.6 is 0 Å². The van der Waals surface area contributed by atoms with Crippen molar-refractivity contribution in [1.29, 1.82) is 0 Å². The zero-order chi connectivity index (χ0) is 33.7. The molecule has 0 spiro atoms. The van der Waals surface area contributed by atoms with Gasteiger partial charge in [0.1, 0.15) is 0 Å². The molecule has 0 amide bonds. The van der Waals surface area contributed by atoms with E-state index in [2.05, 4.69) is 197 Å². The normalized spacial score (nSPS) is 13.6. The van der Waals surface area contributed by atoms with Crippen LogP contribution in [-0.4, -0.2) is 4.57 Å². The number of fused-ring (bicyclic) bond motifs is 6. The molecule has 0 bridgehead atoms. The summed E-state index contributed by atoms with van der Waals surface area (Å²) in [5.41, 5.74) is 11.1. The average Bonchev–Trinajstić information content (AvgIpc) is 3.79. The van der Waals surface area contributed by atoms with Crippen molar-refractivity contribution in [3.05, 3.63) is 194 Å². The number of para-hydroxylation sites is 2. The monoisotopic (exact) mass is 655 g/mol. The topological polar surface area (TPSA) is 29.4 Å². The number of nitrogens with zero attached hydrogens (tertiary/aromatic N) is 2. The summed E-state index contributed by atoms with van der Waals surface area (Å²) >= 11 is 0. The van der Waals surface area contributed by atoms with Gasteiger partial charge in [0, 0.05) is 33.4 Å². The Morgan fingerprint density at radius 1 is 0.510 bits per heavy atom. The highest BCUT2D eigenvalue weighted by atomic mass is 16.5. The van der Waals surface area contributed by atoms with Crippen LogP contribution in [0.1, 0.15) is 11.8 Å². The smallest absolute Gasteiger partial charge is 0.196 e. The Balaban J connectivity index is 1.20. The average molecular weight is 656 g/mol. The lowest BCUT2D eigenvalue weighted by Crippen LogP contribution is -2.11. The minimum Gasteiger partial charge on any atom is -0.464 e. The second-order valence-electron chi connectivity index (χ2n) is 13.0. The van der Waals surface area contributed by atoms with E-state index >= 15 is 0 Å². The highest BCUT2D eigenvalue weighted by Crippen LogP contribution is 2.50. The summed E-state index contributed by atoms with van der Waals surface area (Å²) in [4.78, 5) is 2.38. The van der Waals surface area contributed by atoms with Crippen LogP contribution in [0.15, 0.2) is 188 Å². The van der Waals surface area contributed by atoms with Crippen molar-refractivity contribution in [1.82, 2.24) is 4.57 Å². The first kappa shape index (κ1) is 29.2. The molecule has 0 radical (unpaired) electrons. The van der Waals surface area contributed by atoms with E-state index in [0.717, 1.165) is 56.0 Å². The first-order chi connectivity index (χ1) is 25.3. The Hall–Kier alpha value is -6.78. The fourth-order valence-corrected chi connectivity index (χ4v) is 7.63. The van der Waals surface area contributed by atoms with Gasteiger partial charge in [-0.2, -0.15) is 0 Å². The van der Waals surface area contributed by atoms with Gasteiger partial charge in [-0.3, -0.25) is 0 Å². The summed E-state index contributed by atoms with van der Waals surface area (Å²) in [6.07, 6.45) is -0.267. The first-order valence-corrected chi connectivity index (χ1v) is 17.4. The number of benzene rings is 8. The molecule has 0 fully saturated rings. The molecule has 8 aromatic carbocycles. The van der Waals surface area contributed by atoms with Gasteiger partial charge >= 0.3 is 0 Å². The summed E-state index contributed by atoms with van der Waals surface area (Å²) in [6.45, 7) is 0. The van der Waals surface area contributed by atoms with Crippen LogP contribution < -0.4 is 15.0 Å². The quantitative estimate of drug-likeness (QED) is 0.193. The molecular weight excluding hydrogens is 623 g/mol. The van der Waals surface area contributed by atoms with E-state index in [1.54, 1.807) is 0 Å². The van der Waals surface area contributed by atoms with Gasteiger partial charge in [0.05, 0.1) is 27.8 Å². The maximum Gasteiger partial charge on any atom is 0.196 e. The number of anilines is 4. The molecule has 10 rings (SSSR count). The lowest BCUT2D eigenvalue weighted by Gasteiger charge is -2.28. The molecule has 1 aliphatic heterocycles. The number of aromatic nitrogens is 1. The number of rotatable bonds is 6. The lowest BCUT2D eigenvalue weighted by atomic mass is 10.0. The number of nitrogens with one attached hydrogen (secondary N) is 1. The standard InChI is InChI=1S/C47H33N3O/c1-4-13-32(14-5-1)33-23-26-37(27-24-33)49(38-28-29-40-39-20-10-11-21-42(39)50(44(40)31-38)36-18-8-3-9-19-36)43-22-12-17-34-25-30-41-46(45(34)43)51-47(48-41)35-15-6-2-7-16-35/h1-31,47-48H. The van der Waals surface area contributed by atoms with E-state index < -0.39 is 0 Å². The van der Waals surface area contributed by atoms with Crippen LogP contribution in [0.3, 0.4) is 0 Å².